The fourth-order valence-electron chi connectivity index (χ4n) is 3.12. The molecule has 8 nitrogen and oxygen atoms in total. The van der Waals surface area contributed by atoms with Gasteiger partial charge in [-0.1, -0.05) is 0 Å². The van der Waals surface area contributed by atoms with Crippen molar-refractivity contribution in [2.75, 3.05) is 57.8 Å². The van der Waals surface area contributed by atoms with Crippen molar-refractivity contribution in [1.29, 1.82) is 0 Å². The van der Waals surface area contributed by atoms with Gasteiger partial charge in [0.1, 0.15) is 5.82 Å². The second-order valence-electron chi connectivity index (χ2n) is 6.13. The van der Waals surface area contributed by atoms with Crippen LogP contribution in [0.4, 0.5) is 14.9 Å². The third-order valence-corrected chi connectivity index (χ3v) is 4.54. The molecule has 9 heteroatoms. The number of imide groups is 1. The summed E-state index contributed by atoms with van der Waals surface area (Å²) in [6.07, 6.45) is 0. The quantitative estimate of drug-likeness (QED) is 0.450. The van der Waals surface area contributed by atoms with Crippen molar-refractivity contribution in [3.63, 3.8) is 0 Å². The Hall–Kier alpha value is -2.84. The van der Waals surface area contributed by atoms with Gasteiger partial charge in [-0.15, -0.1) is 0 Å². The summed E-state index contributed by atoms with van der Waals surface area (Å²) < 4.78 is 13.0. The Morgan fingerprint density at radius 2 is 1.88 bits per heavy atom. The van der Waals surface area contributed by atoms with Crippen LogP contribution in [0.5, 0.6) is 0 Å². The summed E-state index contributed by atoms with van der Waals surface area (Å²) in [5.41, 5.74) is 1.01. The maximum Gasteiger partial charge on any atom is 0.324 e. The van der Waals surface area contributed by atoms with E-state index < -0.39 is 0 Å². The van der Waals surface area contributed by atoms with Gasteiger partial charge in [0.2, 0.25) is 5.91 Å². The zero-order valence-corrected chi connectivity index (χ0v) is 14.7. The molecular formula is C17H23FN6O2. The third-order valence-electron chi connectivity index (χ3n) is 4.54. The number of carbonyl (C=O) groups is 2. The molecule has 26 heavy (non-hydrogen) atoms. The maximum atomic E-state index is 13.0. The van der Waals surface area contributed by atoms with Crippen LogP contribution in [0.3, 0.4) is 0 Å². The van der Waals surface area contributed by atoms with E-state index in [4.69, 9.17) is 0 Å². The molecule has 0 spiro atoms. The monoisotopic (exact) mass is 362 g/mol. The number of halogens is 1. The zero-order valence-electron chi connectivity index (χ0n) is 14.7. The molecule has 0 aromatic heterocycles. The van der Waals surface area contributed by atoms with Crippen LogP contribution in [0.1, 0.15) is 0 Å². The van der Waals surface area contributed by atoms with Gasteiger partial charge in [0.05, 0.1) is 6.54 Å². The lowest BCUT2D eigenvalue weighted by Crippen LogP contribution is -2.53. The molecule has 1 aromatic carbocycles. The van der Waals surface area contributed by atoms with Gasteiger partial charge in [-0.25, -0.2) is 9.18 Å². The minimum absolute atomic E-state index is 0.0684. The van der Waals surface area contributed by atoms with E-state index in [1.54, 1.807) is 19.2 Å². The highest BCUT2D eigenvalue weighted by atomic mass is 19.1. The molecule has 3 amide bonds. The maximum absolute atomic E-state index is 13.0. The average Bonchev–Trinajstić information content (AvgIpc) is 2.98. The Bertz CT molecular complexity index is 669. The zero-order chi connectivity index (χ0) is 18.5. The van der Waals surface area contributed by atoms with Crippen LogP contribution >= 0.6 is 0 Å². The van der Waals surface area contributed by atoms with E-state index in [1.807, 2.05) is 0 Å². The molecule has 2 fully saturated rings. The SMILES string of the molecule is CN=C(NCCN1C(=O)CNC1=O)N1CCN(c2ccc(F)cc2)CC1. The number of nitrogens with one attached hydrogen (secondary N) is 2. The molecule has 2 N–H and O–H groups in total. The number of rotatable bonds is 4. The van der Waals surface area contributed by atoms with Gasteiger partial charge in [0.25, 0.3) is 0 Å². The van der Waals surface area contributed by atoms with Gasteiger partial charge >= 0.3 is 6.03 Å². The number of nitrogens with zero attached hydrogens (tertiary/aromatic N) is 4. The first-order valence-electron chi connectivity index (χ1n) is 8.63. The van der Waals surface area contributed by atoms with E-state index in [0.29, 0.717) is 13.1 Å². The Kier molecular flexibility index (Phi) is 5.55. The van der Waals surface area contributed by atoms with E-state index in [0.717, 1.165) is 37.8 Å². The van der Waals surface area contributed by atoms with Crippen LogP contribution < -0.4 is 15.5 Å². The van der Waals surface area contributed by atoms with E-state index in [2.05, 4.69) is 25.4 Å². The van der Waals surface area contributed by atoms with Gasteiger partial charge in [-0.05, 0) is 24.3 Å². The molecular weight excluding hydrogens is 339 g/mol. The van der Waals surface area contributed by atoms with Crippen molar-refractivity contribution in [3.05, 3.63) is 30.1 Å². The van der Waals surface area contributed by atoms with E-state index in [-0.39, 0.29) is 24.3 Å². The smallest absolute Gasteiger partial charge is 0.324 e. The van der Waals surface area contributed by atoms with Crippen LogP contribution in [0, 0.1) is 5.82 Å². The lowest BCUT2D eigenvalue weighted by molar-refractivity contribution is -0.124. The Balaban J connectivity index is 1.47. The van der Waals surface area contributed by atoms with Gasteiger partial charge in [0, 0.05) is 52.0 Å². The number of urea groups is 1. The first-order valence-corrected chi connectivity index (χ1v) is 8.63. The van der Waals surface area contributed by atoms with Crippen molar-refractivity contribution >= 4 is 23.6 Å². The molecule has 3 rings (SSSR count). The summed E-state index contributed by atoms with van der Waals surface area (Å²) in [4.78, 5) is 32.9. The normalized spacial score (nSPS) is 18.4. The van der Waals surface area contributed by atoms with Crippen molar-refractivity contribution in [2.45, 2.75) is 0 Å². The molecule has 140 valence electrons. The Morgan fingerprint density at radius 1 is 1.19 bits per heavy atom. The molecule has 0 saturated carbocycles. The van der Waals surface area contributed by atoms with Crippen LogP contribution in [0.15, 0.2) is 29.3 Å². The molecule has 2 aliphatic rings. The van der Waals surface area contributed by atoms with Crippen molar-refractivity contribution in [3.8, 4) is 0 Å². The molecule has 0 aliphatic carbocycles. The number of aliphatic imine (C=N–C) groups is 1. The molecule has 2 heterocycles. The summed E-state index contributed by atoms with van der Waals surface area (Å²) in [6.45, 7) is 3.99. The highest BCUT2D eigenvalue weighted by Gasteiger charge is 2.28. The molecule has 1 aromatic rings. The minimum atomic E-state index is -0.348. The van der Waals surface area contributed by atoms with Gasteiger partial charge in [-0.3, -0.25) is 14.7 Å². The second kappa shape index (κ2) is 8.03. The van der Waals surface area contributed by atoms with E-state index in [9.17, 15) is 14.0 Å². The van der Waals surface area contributed by atoms with Crippen LogP contribution in [-0.2, 0) is 4.79 Å². The number of hydrogen-bond acceptors (Lipinski definition) is 4. The van der Waals surface area contributed by atoms with Crippen LogP contribution in [0.25, 0.3) is 0 Å². The number of amides is 3. The van der Waals surface area contributed by atoms with Crippen molar-refractivity contribution in [1.82, 2.24) is 20.4 Å². The number of anilines is 1. The van der Waals surface area contributed by atoms with Gasteiger partial charge < -0.3 is 20.4 Å². The standard InChI is InChI=1S/C17H23FN6O2/c1-19-16(20-6-7-24-15(25)12-21-17(24)26)23-10-8-22(9-11-23)14-4-2-13(18)3-5-14/h2-5H,6-12H2,1H3,(H,19,20)(H,21,26). The number of piperazine rings is 1. The summed E-state index contributed by atoms with van der Waals surface area (Å²) in [5, 5.41) is 5.70. The molecule has 2 saturated heterocycles. The topological polar surface area (TPSA) is 80.3 Å². The van der Waals surface area contributed by atoms with Gasteiger partial charge in [-0.2, -0.15) is 0 Å². The lowest BCUT2D eigenvalue weighted by atomic mass is 10.2. The number of carbonyl (C=O) groups excluding carboxylic acids is 2. The summed E-state index contributed by atoms with van der Waals surface area (Å²) in [7, 11) is 1.71. The molecule has 0 unspecified atom stereocenters. The summed E-state index contributed by atoms with van der Waals surface area (Å²) in [6, 6.07) is 6.17. The van der Waals surface area contributed by atoms with Gasteiger partial charge in [0.15, 0.2) is 5.96 Å². The molecule has 0 atom stereocenters. The Morgan fingerprint density at radius 3 is 2.46 bits per heavy atom. The van der Waals surface area contributed by atoms with Crippen molar-refractivity contribution < 1.29 is 14.0 Å². The summed E-state index contributed by atoms with van der Waals surface area (Å²) >= 11 is 0. The Labute approximate surface area is 151 Å². The molecule has 0 bridgehead atoms. The van der Waals surface area contributed by atoms with E-state index >= 15 is 0 Å². The van der Waals surface area contributed by atoms with Crippen molar-refractivity contribution in [2.24, 2.45) is 4.99 Å². The summed E-state index contributed by atoms with van der Waals surface area (Å²) in [5.74, 6) is 0.303. The second-order valence-corrected chi connectivity index (χ2v) is 6.13. The highest BCUT2D eigenvalue weighted by molar-refractivity contribution is 6.01. The lowest BCUT2D eigenvalue weighted by Gasteiger charge is -2.37. The van der Waals surface area contributed by atoms with Crippen LogP contribution in [0.2, 0.25) is 0 Å². The third kappa shape index (κ3) is 4.04. The number of benzene rings is 1. The number of hydrogen-bond donors (Lipinski definition) is 2. The fraction of sp³-hybridized carbons (Fsp3) is 0.471. The molecule has 2 aliphatic heterocycles. The number of guanidine groups is 1. The minimum Gasteiger partial charge on any atom is -0.368 e. The first-order chi connectivity index (χ1) is 12.6. The predicted octanol–water partition coefficient (Wildman–Crippen LogP) is 0.0749. The fourth-order valence-corrected chi connectivity index (χ4v) is 3.12. The average molecular weight is 362 g/mol. The van der Waals surface area contributed by atoms with Crippen LogP contribution in [-0.4, -0.2) is 80.6 Å². The predicted molar refractivity (Wildman–Crippen MR) is 96.7 cm³/mol. The van der Waals surface area contributed by atoms with E-state index in [1.165, 1.54) is 17.0 Å². The highest BCUT2D eigenvalue weighted by Crippen LogP contribution is 2.16. The molecule has 0 radical (unpaired) electrons. The first kappa shape index (κ1) is 18.0. The largest absolute Gasteiger partial charge is 0.368 e.